The number of methoxy groups -OCH3 is 2. The Morgan fingerprint density at radius 3 is 2.44 bits per heavy atom. The molecule has 6 rings (SSSR count). The lowest BCUT2D eigenvalue weighted by molar-refractivity contribution is -0.130. The second kappa shape index (κ2) is 14.4. The van der Waals surface area contributed by atoms with E-state index in [0.717, 1.165) is 33.0 Å². The van der Waals surface area contributed by atoms with Gasteiger partial charge < -0.3 is 14.8 Å². The van der Waals surface area contributed by atoms with Crippen molar-refractivity contribution in [2.45, 2.75) is 38.0 Å². The van der Waals surface area contributed by atoms with Crippen molar-refractivity contribution in [1.82, 2.24) is 25.1 Å². The fourth-order valence-corrected chi connectivity index (χ4v) is 6.92. The third-order valence-electron chi connectivity index (χ3n) is 7.88. The molecule has 0 unspecified atom stereocenters. The summed E-state index contributed by atoms with van der Waals surface area (Å²) in [5, 5.41) is 20.5. The van der Waals surface area contributed by atoms with E-state index in [1.807, 2.05) is 54.1 Å². The van der Waals surface area contributed by atoms with Gasteiger partial charge >= 0.3 is 0 Å². The number of carbonyl (C=O) groups is 2. The molecule has 10 nitrogen and oxygen atoms in total. The lowest BCUT2D eigenvalue weighted by Crippen LogP contribution is -2.28. The number of ether oxygens (including phenoxy) is 2. The summed E-state index contributed by atoms with van der Waals surface area (Å²) >= 11 is 2.80. The van der Waals surface area contributed by atoms with Crippen LogP contribution < -0.4 is 14.8 Å². The Hall–Kier alpha value is -5.01. The zero-order chi connectivity index (χ0) is 33.8. The van der Waals surface area contributed by atoms with Gasteiger partial charge in [-0.3, -0.25) is 14.2 Å². The summed E-state index contributed by atoms with van der Waals surface area (Å²) in [4.78, 5) is 28.0. The summed E-state index contributed by atoms with van der Waals surface area (Å²) in [5.41, 5.74) is 4.82. The van der Waals surface area contributed by atoms with Gasteiger partial charge in [-0.15, -0.1) is 21.5 Å². The SMILES string of the molecule is COc1cc(OC)cc(C(=O)NCc2nnc(SCC(=O)N3N=C(c4cccs4)C[C@@H]3c3ccc(F)cc3)n2-c2cc(C)ccc2C)c1. The number of thioether (sulfide) groups is 1. The number of aromatic nitrogens is 3. The first-order chi connectivity index (χ1) is 23.2. The second-order valence-electron chi connectivity index (χ2n) is 11.1. The van der Waals surface area contributed by atoms with E-state index in [-0.39, 0.29) is 36.0 Å². The summed E-state index contributed by atoms with van der Waals surface area (Å²) in [6, 6.07) is 20.7. The minimum Gasteiger partial charge on any atom is -0.497 e. The molecule has 0 saturated carbocycles. The first-order valence-corrected chi connectivity index (χ1v) is 17.0. The molecule has 0 bridgehead atoms. The van der Waals surface area contributed by atoms with Crippen LogP contribution in [0, 0.1) is 19.7 Å². The van der Waals surface area contributed by atoms with Crippen molar-refractivity contribution in [3.63, 3.8) is 0 Å². The average molecular weight is 685 g/mol. The van der Waals surface area contributed by atoms with Crippen molar-refractivity contribution in [2.75, 3.05) is 20.0 Å². The molecule has 2 amide bonds. The highest BCUT2D eigenvalue weighted by atomic mass is 32.2. The lowest BCUT2D eigenvalue weighted by atomic mass is 10.0. The van der Waals surface area contributed by atoms with Gasteiger partial charge in [0.2, 0.25) is 0 Å². The van der Waals surface area contributed by atoms with E-state index in [1.165, 1.54) is 43.1 Å². The number of hydrazone groups is 1. The van der Waals surface area contributed by atoms with Crippen molar-refractivity contribution >= 4 is 40.6 Å². The molecule has 1 aliphatic rings. The van der Waals surface area contributed by atoms with Gasteiger partial charge in [-0.05, 0) is 72.3 Å². The molecule has 48 heavy (non-hydrogen) atoms. The molecule has 0 saturated heterocycles. The Kier molecular flexibility index (Phi) is 9.88. The van der Waals surface area contributed by atoms with Crippen LogP contribution >= 0.6 is 23.1 Å². The molecule has 1 aliphatic heterocycles. The average Bonchev–Trinajstić information content (AvgIpc) is 3.88. The van der Waals surface area contributed by atoms with E-state index in [2.05, 4.69) is 15.5 Å². The van der Waals surface area contributed by atoms with Gasteiger partial charge in [-0.2, -0.15) is 5.10 Å². The summed E-state index contributed by atoms with van der Waals surface area (Å²) in [6.07, 6.45) is 0.518. The van der Waals surface area contributed by atoms with Crippen LogP contribution in [0.15, 0.2) is 88.4 Å². The number of nitrogens with zero attached hydrogens (tertiary/aromatic N) is 5. The van der Waals surface area contributed by atoms with Crippen molar-refractivity contribution in [3.05, 3.63) is 117 Å². The molecular weight excluding hydrogens is 652 g/mol. The number of hydrogen-bond acceptors (Lipinski definition) is 9. The molecule has 1 N–H and O–H groups in total. The van der Waals surface area contributed by atoms with Crippen LogP contribution in [0.1, 0.15) is 50.2 Å². The highest BCUT2D eigenvalue weighted by molar-refractivity contribution is 7.99. The number of amides is 2. The predicted molar refractivity (Wildman–Crippen MR) is 184 cm³/mol. The van der Waals surface area contributed by atoms with Crippen molar-refractivity contribution in [2.24, 2.45) is 5.10 Å². The largest absolute Gasteiger partial charge is 0.497 e. The molecule has 1 atom stereocenters. The predicted octanol–water partition coefficient (Wildman–Crippen LogP) is 6.50. The maximum Gasteiger partial charge on any atom is 0.253 e. The van der Waals surface area contributed by atoms with Gasteiger partial charge in [0.25, 0.3) is 11.8 Å². The van der Waals surface area contributed by atoms with Gasteiger partial charge in [0.15, 0.2) is 11.0 Å². The van der Waals surface area contributed by atoms with E-state index in [9.17, 15) is 14.0 Å². The standard InChI is InChI=1S/C35H33FN6O4S2/c1-21-7-8-22(2)29(14-21)41-32(19-37-34(44)24-15-26(45-3)17-27(16-24)46-4)38-39-35(41)48-20-33(43)42-30(23-9-11-25(36)12-10-23)18-28(40-42)31-6-5-13-47-31/h5-17,30H,18-20H2,1-4H3,(H,37,44)/t30-/m1/s1. The van der Waals surface area contributed by atoms with Gasteiger partial charge in [0.05, 0.1) is 48.8 Å². The summed E-state index contributed by atoms with van der Waals surface area (Å²) in [7, 11) is 3.05. The smallest absolute Gasteiger partial charge is 0.253 e. The number of thiophene rings is 1. The molecule has 0 fully saturated rings. The molecule has 3 heterocycles. The van der Waals surface area contributed by atoms with Crippen molar-refractivity contribution in [1.29, 1.82) is 0 Å². The fourth-order valence-electron chi connectivity index (χ4n) is 5.38. The molecule has 0 radical (unpaired) electrons. The first kappa shape index (κ1) is 32.9. The first-order valence-electron chi connectivity index (χ1n) is 15.1. The number of rotatable bonds is 11. The molecule has 2 aromatic heterocycles. The summed E-state index contributed by atoms with van der Waals surface area (Å²) in [5.74, 6) is 0.597. The number of benzene rings is 3. The van der Waals surface area contributed by atoms with Crippen molar-refractivity contribution < 1.29 is 23.5 Å². The third kappa shape index (κ3) is 7.11. The van der Waals surface area contributed by atoms with Crippen LogP contribution in [-0.4, -0.2) is 57.3 Å². The number of halogens is 1. The van der Waals surface area contributed by atoms with E-state index in [0.29, 0.717) is 34.5 Å². The molecule has 3 aromatic carbocycles. The molecular formula is C35H33FN6O4S2. The van der Waals surface area contributed by atoms with E-state index >= 15 is 0 Å². The molecule has 246 valence electrons. The van der Waals surface area contributed by atoms with Gasteiger partial charge in [0, 0.05) is 18.1 Å². The van der Waals surface area contributed by atoms with Crippen LogP contribution in [0.25, 0.3) is 5.69 Å². The summed E-state index contributed by atoms with van der Waals surface area (Å²) in [6.45, 7) is 4.05. The Morgan fingerprint density at radius 1 is 1.00 bits per heavy atom. The number of aryl methyl sites for hydroxylation is 2. The van der Waals surface area contributed by atoms with Crippen molar-refractivity contribution in [3.8, 4) is 17.2 Å². The van der Waals surface area contributed by atoms with Gasteiger partial charge in [-0.1, -0.05) is 42.1 Å². The minimum absolute atomic E-state index is 0.0257. The Bertz CT molecular complexity index is 1960. The monoisotopic (exact) mass is 684 g/mol. The molecule has 0 aliphatic carbocycles. The minimum atomic E-state index is -0.367. The molecule has 0 spiro atoms. The number of carbonyl (C=O) groups excluding carboxylic acids is 2. The maximum absolute atomic E-state index is 13.8. The summed E-state index contributed by atoms with van der Waals surface area (Å²) < 4.78 is 26.3. The van der Waals surface area contributed by atoms with Crippen LogP contribution in [0.2, 0.25) is 0 Å². The Morgan fingerprint density at radius 2 is 1.75 bits per heavy atom. The number of hydrogen-bond donors (Lipinski definition) is 1. The highest BCUT2D eigenvalue weighted by Gasteiger charge is 2.34. The van der Waals surface area contributed by atoms with Crippen LogP contribution in [0.4, 0.5) is 4.39 Å². The Labute approximate surface area is 285 Å². The maximum atomic E-state index is 13.8. The zero-order valence-electron chi connectivity index (χ0n) is 26.8. The van der Waals surface area contributed by atoms with Crippen LogP contribution in [0.3, 0.4) is 0 Å². The van der Waals surface area contributed by atoms with E-state index < -0.39 is 0 Å². The second-order valence-corrected chi connectivity index (χ2v) is 13.0. The normalized spacial score (nSPS) is 14.1. The topological polar surface area (TPSA) is 111 Å². The van der Waals surface area contributed by atoms with Gasteiger partial charge in [-0.25, -0.2) is 9.40 Å². The van der Waals surface area contributed by atoms with E-state index in [4.69, 9.17) is 14.6 Å². The fraction of sp³-hybridized carbons (Fsp3) is 0.229. The molecule has 13 heteroatoms. The quantitative estimate of drug-likeness (QED) is 0.158. The Balaban J connectivity index is 1.26. The van der Waals surface area contributed by atoms with E-state index in [1.54, 1.807) is 41.7 Å². The highest BCUT2D eigenvalue weighted by Crippen LogP contribution is 2.35. The van der Waals surface area contributed by atoms with Gasteiger partial charge in [0.1, 0.15) is 17.3 Å². The van der Waals surface area contributed by atoms with Crippen LogP contribution in [-0.2, 0) is 11.3 Å². The molecule has 5 aromatic rings. The zero-order valence-corrected chi connectivity index (χ0v) is 28.4. The third-order valence-corrected chi connectivity index (χ3v) is 9.71. The number of nitrogens with one attached hydrogen (secondary N) is 1. The lowest BCUT2D eigenvalue weighted by Gasteiger charge is -2.22. The van der Waals surface area contributed by atoms with Crippen LogP contribution in [0.5, 0.6) is 11.5 Å².